The number of aliphatic hydroxyl groups is 1. The van der Waals surface area contributed by atoms with Crippen molar-refractivity contribution >= 4 is 10.9 Å². The molecule has 5 nitrogen and oxygen atoms in total. The zero-order valence-corrected chi connectivity index (χ0v) is 16.0. The van der Waals surface area contributed by atoms with Crippen molar-refractivity contribution in [2.45, 2.75) is 44.1 Å². The molecule has 2 aliphatic carbocycles. The van der Waals surface area contributed by atoms with Gasteiger partial charge in [0.15, 0.2) is 11.5 Å². The van der Waals surface area contributed by atoms with Crippen LogP contribution < -0.4 is 9.47 Å². The summed E-state index contributed by atoms with van der Waals surface area (Å²) in [6, 6.07) is 6.23. The van der Waals surface area contributed by atoms with Crippen LogP contribution in [0.1, 0.15) is 43.6 Å². The van der Waals surface area contributed by atoms with Crippen LogP contribution >= 0.6 is 0 Å². The lowest BCUT2D eigenvalue weighted by atomic mass is 10.0. The maximum atomic E-state index is 10.2. The molecule has 1 N–H and O–H groups in total. The average molecular weight is 368 g/mol. The summed E-state index contributed by atoms with van der Waals surface area (Å²) in [5.74, 6) is 2.23. The number of benzene rings is 1. The fourth-order valence-corrected chi connectivity index (χ4v) is 4.54. The molecular formula is C22H28N2O3. The van der Waals surface area contributed by atoms with E-state index in [1.54, 1.807) is 7.11 Å². The Morgan fingerprint density at radius 2 is 2.11 bits per heavy atom. The molecule has 1 aromatic carbocycles. The Morgan fingerprint density at radius 3 is 2.81 bits per heavy atom. The Morgan fingerprint density at radius 1 is 1.26 bits per heavy atom. The van der Waals surface area contributed by atoms with E-state index in [9.17, 15) is 5.11 Å². The second-order valence-electron chi connectivity index (χ2n) is 8.51. The summed E-state index contributed by atoms with van der Waals surface area (Å²) in [7, 11) is 1.70. The van der Waals surface area contributed by atoms with Crippen molar-refractivity contribution < 1.29 is 14.6 Å². The number of rotatable bonds is 7. The fourth-order valence-electron chi connectivity index (χ4n) is 4.54. The number of aliphatic hydroxyl groups excluding tert-OH is 1. The van der Waals surface area contributed by atoms with Crippen LogP contribution in [0, 0.1) is 5.41 Å². The van der Waals surface area contributed by atoms with Gasteiger partial charge in [-0.1, -0.05) is 0 Å². The molecule has 27 heavy (non-hydrogen) atoms. The number of fused-ring (bicyclic) bond motifs is 1. The number of hydrogen-bond acceptors (Lipinski definition) is 5. The van der Waals surface area contributed by atoms with Crippen LogP contribution in [0.5, 0.6) is 11.5 Å². The quantitative estimate of drug-likeness (QED) is 0.760. The number of hydrogen-bond donors (Lipinski definition) is 1. The van der Waals surface area contributed by atoms with Gasteiger partial charge in [0.2, 0.25) is 0 Å². The molecule has 2 aromatic rings. The maximum Gasteiger partial charge on any atom is 0.163 e. The van der Waals surface area contributed by atoms with Crippen LogP contribution in [0.4, 0.5) is 0 Å². The average Bonchev–Trinajstić information content (AvgIpc) is 3.58. The molecule has 0 bridgehead atoms. The summed E-state index contributed by atoms with van der Waals surface area (Å²) in [5, 5.41) is 11.3. The zero-order chi connectivity index (χ0) is 18.4. The highest BCUT2D eigenvalue weighted by molar-refractivity contribution is 5.86. The highest BCUT2D eigenvalue weighted by Crippen LogP contribution is 2.52. The number of β-amino-alcohol motifs (C(OH)–C–C–N with tert-alkyl or cyclic N) is 1. The Hall–Kier alpha value is -1.85. The van der Waals surface area contributed by atoms with E-state index in [0.717, 1.165) is 43.1 Å². The number of likely N-dealkylation sites (tertiary alicyclic amines) is 1. The molecule has 1 atom stereocenters. The first-order valence-corrected chi connectivity index (χ1v) is 10.2. The first-order valence-electron chi connectivity index (χ1n) is 10.2. The van der Waals surface area contributed by atoms with Gasteiger partial charge in [-0.15, -0.1) is 0 Å². The van der Waals surface area contributed by atoms with E-state index in [0.29, 0.717) is 12.5 Å². The molecule has 5 rings (SSSR count). The van der Waals surface area contributed by atoms with Crippen LogP contribution in [0.3, 0.4) is 0 Å². The molecule has 2 saturated carbocycles. The minimum Gasteiger partial charge on any atom is -0.493 e. The van der Waals surface area contributed by atoms with Gasteiger partial charge >= 0.3 is 0 Å². The van der Waals surface area contributed by atoms with Gasteiger partial charge in [0, 0.05) is 42.7 Å². The van der Waals surface area contributed by atoms with Gasteiger partial charge in [-0.2, -0.15) is 0 Å². The molecule has 1 aromatic heterocycles. The molecule has 2 heterocycles. The van der Waals surface area contributed by atoms with E-state index in [1.165, 1.54) is 36.6 Å². The SMILES string of the molecule is COc1cc2c(C3CC3)ccnc2cc1OCCCN1CC(O)C2(CC2)C1. The van der Waals surface area contributed by atoms with Gasteiger partial charge in [-0.05, 0) is 55.7 Å². The van der Waals surface area contributed by atoms with Crippen molar-refractivity contribution in [2.24, 2.45) is 5.41 Å². The Kier molecular flexibility index (Phi) is 4.25. The van der Waals surface area contributed by atoms with Crippen LogP contribution in [0.25, 0.3) is 10.9 Å². The topological polar surface area (TPSA) is 54.8 Å². The predicted octanol–water partition coefficient (Wildman–Crippen LogP) is 3.35. The van der Waals surface area contributed by atoms with Gasteiger partial charge in [0.1, 0.15) is 0 Å². The summed E-state index contributed by atoms with van der Waals surface area (Å²) >= 11 is 0. The van der Waals surface area contributed by atoms with Gasteiger partial charge in [0.05, 0.1) is 25.3 Å². The van der Waals surface area contributed by atoms with Gasteiger partial charge in [-0.3, -0.25) is 9.88 Å². The molecule has 144 valence electrons. The molecule has 0 amide bonds. The highest BCUT2D eigenvalue weighted by Gasteiger charge is 2.54. The minimum atomic E-state index is -0.134. The van der Waals surface area contributed by atoms with Crippen molar-refractivity contribution in [1.82, 2.24) is 9.88 Å². The molecule has 1 unspecified atom stereocenters. The molecule has 1 aliphatic heterocycles. The first kappa shape index (κ1) is 17.3. The summed E-state index contributed by atoms with van der Waals surface area (Å²) in [6.45, 7) is 3.47. The Balaban J connectivity index is 1.23. The fraction of sp³-hybridized carbons (Fsp3) is 0.591. The van der Waals surface area contributed by atoms with Crippen molar-refractivity contribution in [2.75, 3.05) is 33.4 Å². The van der Waals surface area contributed by atoms with Crippen LogP contribution in [-0.2, 0) is 0 Å². The van der Waals surface area contributed by atoms with E-state index in [2.05, 4.69) is 22.0 Å². The molecule has 5 heteroatoms. The number of nitrogens with zero attached hydrogens (tertiary/aromatic N) is 2. The van der Waals surface area contributed by atoms with Gasteiger partial charge in [0.25, 0.3) is 0 Å². The molecular weight excluding hydrogens is 340 g/mol. The summed E-state index contributed by atoms with van der Waals surface area (Å²) in [5.41, 5.74) is 2.59. The normalized spacial score (nSPS) is 23.9. The van der Waals surface area contributed by atoms with Gasteiger partial charge in [-0.25, -0.2) is 0 Å². The molecule has 3 aliphatic rings. The summed E-state index contributed by atoms with van der Waals surface area (Å²) in [6.07, 6.45) is 7.62. The van der Waals surface area contributed by atoms with E-state index in [1.807, 2.05) is 12.3 Å². The van der Waals surface area contributed by atoms with Gasteiger partial charge < -0.3 is 14.6 Å². The standard InChI is InChI=1S/C22H28N2O3/c1-26-19-11-17-16(15-3-4-15)5-8-23-18(17)12-20(19)27-10-2-9-24-13-21(25)22(14-24)6-7-22/h5,8,11-12,15,21,25H,2-4,6-7,9-10,13-14H2,1H3. The van der Waals surface area contributed by atoms with Crippen molar-refractivity contribution in [1.29, 1.82) is 0 Å². The Labute approximate surface area is 160 Å². The monoisotopic (exact) mass is 368 g/mol. The lowest BCUT2D eigenvalue weighted by Crippen LogP contribution is -2.24. The smallest absolute Gasteiger partial charge is 0.163 e. The third-order valence-electron chi connectivity index (χ3n) is 6.52. The van der Waals surface area contributed by atoms with Crippen molar-refractivity contribution in [3.05, 3.63) is 30.0 Å². The minimum absolute atomic E-state index is 0.134. The highest BCUT2D eigenvalue weighted by atomic mass is 16.5. The lowest BCUT2D eigenvalue weighted by Gasteiger charge is -2.16. The zero-order valence-electron chi connectivity index (χ0n) is 16.0. The van der Waals surface area contributed by atoms with Crippen LogP contribution in [0.15, 0.2) is 24.4 Å². The van der Waals surface area contributed by atoms with Crippen molar-refractivity contribution in [3.8, 4) is 11.5 Å². The molecule has 1 spiro atoms. The second-order valence-corrected chi connectivity index (χ2v) is 8.51. The van der Waals surface area contributed by atoms with E-state index >= 15 is 0 Å². The van der Waals surface area contributed by atoms with Crippen molar-refractivity contribution in [3.63, 3.8) is 0 Å². The largest absolute Gasteiger partial charge is 0.493 e. The number of methoxy groups -OCH3 is 1. The molecule has 0 radical (unpaired) electrons. The number of aromatic nitrogens is 1. The first-order chi connectivity index (χ1) is 13.2. The van der Waals surface area contributed by atoms with E-state index in [4.69, 9.17) is 9.47 Å². The molecule has 3 fully saturated rings. The van der Waals surface area contributed by atoms with E-state index < -0.39 is 0 Å². The number of pyridine rings is 1. The van der Waals surface area contributed by atoms with Crippen LogP contribution in [0.2, 0.25) is 0 Å². The second kappa shape index (κ2) is 6.64. The maximum absolute atomic E-state index is 10.2. The predicted molar refractivity (Wildman–Crippen MR) is 104 cm³/mol. The van der Waals surface area contributed by atoms with E-state index in [-0.39, 0.29) is 11.5 Å². The third-order valence-corrected chi connectivity index (χ3v) is 6.52. The number of ether oxygens (including phenoxy) is 2. The molecule has 1 saturated heterocycles. The van der Waals surface area contributed by atoms with Crippen LogP contribution in [-0.4, -0.2) is 54.4 Å². The summed E-state index contributed by atoms with van der Waals surface area (Å²) in [4.78, 5) is 6.92. The third kappa shape index (κ3) is 3.27. The summed E-state index contributed by atoms with van der Waals surface area (Å²) < 4.78 is 11.6. The lowest BCUT2D eigenvalue weighted by molar-refractivity contribution is 0.131. The Bertz CT molecular complexity index is 845.